The van der Waals surface area contributed by atoms with Crippen LogP contribution < -0.4 is 11.5 Å². The first-order chi connectivity index (χ1) is 4.68. The van der Waals surface area contributed by atoms with E-state index >= 15 is 0 Å². The van der Waals surface area contributed by atoms with Crippen LogP contribution in [0.25, 0.3) is 0 Å². The van der Waals surface area contributed by atoms with Gasteiger partial charge in [0.2, 0.25) is 0 Å². The van der Waals surface area contributed by atoms with Gasteiger partial charge in [-0.25, -0.2) is 0 Å². The first-order valence-corrected chi connectivity index (χ1v) is 3.37. The molecule has 0 heterocycles. The maximum atomic E-state index is 10.1. The van der Waals surface area contributed by atoms with Gasteiger partial charge >= 0.3 is 5.97 Å². The molecule has 0 aromatic heterocycles. The molecule has 4 heteroatoms. The van der Waals surface area contributed by atoms with Gasteiger partial charge < -0.3 is 16.6 Å². The van der Waals surface area contributed by atoms with Gasteiger partial charge in [0.25, 0.3) is 0 Å². The Morgan fingerprint density at radius 2 is 2.10 bits per heavy atom. The number of aliphatic carboxylic acids is 1. The molecular weight excluding hydrogens is 138 g/mol. The molecule has 0 aromatic rings. The van der Waals surface area contributed by atoms with E-state index in [4.69, 9.17) is 16.6 Å². The second-order valence-corrected chi connectivity index (χ2v) is 2.23. The first kappa shape index (κ1) is 9.39. The third kappa shape index (κ3) is 4.29. The van der Waals surface area contributed by atoms with Crippen LogP contribution in [0, 0.1) is 0 Å². The Labute approximate surface area is 60.2 Å². The molecular formula is C6H14N2O2. The first-order valence-electron chi connectivity index (χ1n) is 3.37. The van der Waals surface area contributed by atoms with Crippen LogP contribution in [-0.2, 0) is 4.79 Å². The molecule has 0 fully saturated rings. The van der Waals surface area contributed by atoms with E-state index in [1.165, 1.54) is 0 Å². The van der Waals surface area contributed by atoms with Crippen LogP contribution in [0.15, 0.2) is 0 Å². The average molecular weight is 152 g/mol. The number of carboxylic acids is 1. The van der Waals surface area contributed by atoms with Crippen molar-refractivity contribution in [3.05, 3.63) is 0 Å². The van der Waals surface area contributed by atoms with E-state index in [0.29, 0.717) is 13.0 Å². The third-order valence-electron chi connectivity index (χ3n) is 1.29. The predicted molar refractivity (Wildman–Crippen MR) is 38.5 cm³/mol. The van der Waals surface area contributed by atoms with E-state index < -0.39 is 12.0 Å². The second kappa shape index (κ2) is 5.20. The van der Waals surface area contributed by atoms with Gasteiger partial charge in [-0.15, -0.1) is 0 Å². The molecule has 0 aliphatic rings. The van der Waals surface area contributed by atoms with Gasteiger partial charge in [-0.3, -0.25) is 4.79 Å². The van der Waals surface area contributed by atoms with Crippen LogP contribution >= 0.6 is 0 Å². The quantitative estimate of drug-likeness (QED) is 0.367. The minimum Gasteiger partial charge on any atom is -0.480 e. The molecule has 0 amide bonds. The molecule has 1 atom stereocenters. The largest absolute Gasteiger partial charge is 0.480 e. The number of rotatable bonds is 5. The Kier molecular flexibility index (Phi) is 4.88. The fourth-order valence-electron chi connectivity index (χ4n) is 0.632. The maximum absolute atomic E-state index is 10.1. The van der Waals surface area contributed by atoms with Crippen LogP contribution in [-0.4, -0.2) is 23.7 Å². The molecule has 0 bridgehead atoms. The van der Waals surface area contributed by atoms with Crippen molar-refractivity contribution in [1.82, 2.24) is 0 Å². The SMILES string of the molecule is N[13CH2][13CH2][13CH2][13CH2][13C@H](N)[13C](=O)O. The Hall–Kier alpha value is -0.610. The van der Waals surface area contributed by atoms with E-state index in [1.54, 1.807) is 0 Å². The summed E-state index contributed by atoms with van der Waals surface area (Å²) in [6.07, 6.45) is 2.16. The zero-order chi connectivity index (χ0) is 7.98. The molecule has 0 saturated heterocycles. The highest BCUT2D eigenvalue weighted by Gasteiger charge is 2.09. The Balaban J connectivity index is 3.21. The second-order valence-electron chi connectivity index (χ2n) is 2.23. The van der Waals surface area contributed by atoms with Gasteiger partial charge in [-0.1, -0.05) is 6.42 Å². The van der Waals surface area contributed by atoms with Crippen LogP contribution in [0.4, 0.5) is 0 Å². The number of hydrogen-bond acceptors (Lipinski definition) is 3. The fourth-order valence-corrected chi connectivity index (χ4v) is 0.632. The molecule has 0 radical (unpaired) electrons. The van der Waals surface area contributed by atoms with Crippen molar-refractivity contribution in [2.45, 2.75) is 25.3 Å². The molecule has 0 spiro atoms. The van der Waals surface area contributed by atoms with Gasteiger partial charge in [0.1, 0.15) is 6.04 Å². The highest BCUT2D eigenvalue weighted by Crippen LogP contribution is 1.96. The zero-order valence-electron chi connectivity index (χ0n) is 5.92. The van der Waals surface area contributed by atoms with Crippen molar-refractivity contribution >= 4 is 5.97 Å². The van der Waals surface area contributed by atoms with Crippen molar-refractivity contribution in [3.63, 3.8) is 0 Å². The van der Waals surface area contributed by atoms with Gasteiger partial charge in [-0.05, 0) is 19.4 Å². The molecule has 60 valence electrons. The molecule has 10 heavy (non-hydrogen) atoms. The predicted octanol–water partition coefficient (Wildman–Crippen LogP) is -0.473. The molecule has 4 nitrogen and oxygen atoms in total. The molecule has 0 saturated carbocycles. The highest BCUT2D eigenvalue weighted by atomic mass is 16.5. The van der Waals surface area contributed by atoms with Crippen molar-refractivity contribution in [3.8, 4) is 0 Å². The van der Waals surface area contributed by atoms with E-state index in [9.17, 15) is 4.79 Å². The molecule has 0 aliphatic heterocycles. The Morgan fingerprint density at radius 1 is 1.50 bits per heavy atom. The van der Waals surface area contributed by atoms with E-state index in [0.717, 1.165) is 12.8 Å². The van der Waals surface area contributed by atoms with Crippen molar-refractivity contribution in [2.24, 2.45) is 11.5 Å². The lowest BCUT2D eigenvalue weighted by Gasteiger charge is -2.03. The fraction of sp³-hybridized carbons (Fsp3) is 0.833. The summed E-state index contributed by atoms with van der Waals surface area (Å²) in [7, 11) is 0. The monoisotopic (exact) mass is 152 g/mol. The number of hydrogen-bond donors (Lipinski definition) is 3. The van der Waals surface area contributed by atoms with Crippen molar-refractivity contribution < 1.29 is 9.90 Å². The normalized spacial score (nSPS) is 13.0. The summed E-state index contributed by atoms with van der Waals surface area (Å²) in [6.45, 7) is 0.604. The summed E-state index contributed by atoms with van der Waals surface area (Å²) >= 11 is 0. The minimum atomic E-state index is -0.933. The van der Waals surface area contributed by atoms with E-state index in [-0.39, 0.29) is 0 Å². The van der Waals surface area contributed by atoms with Crippen molar-refractivity contribution in [1.29, 1.82) is 0 Å². The molecule has 0 aliphatic carbocycles. The number of unbranched alkanes of at least 4 members (excludes halogenated alkanes) is 1. The van der Waals surface area contributed by atoms with Gasteiger partial charge in [-0.2, -0.15) is 0 Å². The molecule has 5 N–H and O–H groups in total. The van der Waals surface area contributed by atoms with Crippen LogP contribution in [0.1, 0.15) is 19.3 Å². The van der Waals surface area contributed by atoms with Gasteiger partial charge in [0, 0.05) is 0 Å². The van der Waals surface area contributed by atoms with Gasteiger partial charge in [0.15, 0.2) is 0 Å². The molecule has 0 rings (SSSR count). The molecule has 0 unspecified atom stereocenters. The van der Waals surface area contributed by atoms with E-state index in [2.05, 4.69) is 0 Å². The summed E-state index contributed by atoms with van der Waals surface area (Å²) in [5.41, 5.74) is 10.4. The summed E-state index contributed by atoms with van der Waals surface area (Å²) in [4.78, 5) is 10.1. The van der Waals surface area contributed by atoms with Gasteiger partial charge in [0.05, 0.1) is 0 Å². The standard InChI is InChI=1S/C6H14N2O2/c7-4-2-1-3-5(8)6(9)10/h5H,1-4,7-8H2,(H,9,10)/t5-/m0/s1/i1+1,2+1,3+1,4+1,5+1,6+1. The average Bonchev–Trinajstić information content (AvgIpc) is 1.88. The molecule has 0 aromatic carbocycles. The lowest BCUT2D eigenvalue weighted by atomic mass is 11.1. The number of nitrogens with two attached hydrogens (primary N) is 2. The highest BCUT2D eigenvalue weighted by molar-refractivity contribution is 5.72. The summed E-state index contributed by atoms with van der Waals surface area (Å²) in [6, 6.07) is -0.716. The number of carbonyl (C=O) groups is 1. The summed E-state index contributed by atoms with van der Waals surface area (Å²) < 4.78 is 0. The topological polar surface area (TPSA) is 89.3 Å². The smallest absolute Gasteiger partial charge is 0.320 e. The number of carboxylic acid groups (broad SMARTS) is 1. The van der Waals surface area contributed by atoms with Crippen LogP contribution in [0.3, 0.4) is 0 Å². The Morgan fingerprint density at radius 3 is 2.50 bits per heavy atom. The minimum absolute atomic E-state index is 0.520. The van der Waals surface area contributed by atoms with Crippen LogP contribution in [0.2, 0.25) is 0 Å². The lowest BCUT2D eigenvalue weighted by Crippen LogP contribution is -2.29. The van der Waals surface area contributed by atoms with Crippen molar-refractivity contribution in [2.75, 3.05) is 6.54 Å². The van der Waals surface area contributed by atoms with Crippen LogP contribution in [0.5, 0.6) is 0 Å². The summed E-state index contributed by atoms with van der Waals surface area (Å²) in [5, 5.41) is 8.33. The lowest BCUT2D eigenvalue weighted by molar-refractivity contribution is -0.138. The Bertz CT molecular complexity index is 106. The summed E-state index contributed by atoms with van der Waals surface area (Å²) in [5.74, 6) is -0.933. The zero-order valence-corrected chi connectivity index (χ0v) is 5.92. The third-order valence-corrected chi connectivity index (χ3v) is 1.29. The maximum Gasteiger partial charge on any atom is 0.320 e. The van der Waals surface area contributed by atoms with E-state index in [1.807, 2.05) is 0 Å².